The Labute approximate surface area is 163 Å². The third kappa shape index (κ3) is 4.89. The van der Waals surface area contributed by atoms with E-state index in [9.17, 15) is 0 Å². The van der Waals surface area contributed by atoms with E-state index in [1.54, 1.807) is 24.7 Å². The van der Waals surface area contributed by atoms with Gasteiger partial charge in [-0.2, -0.15) is 0 Å². The van der Waals surface area contributed by atoms with Crippen LogP contribution in [-0.4, -0.2) is 36.5 Å². The van der Waals surface area contributed by atoms with Gasteiger partial charge in [0.15, 0.2) is 5.96 Å². The van der Waals surface area contributed by atoms with Gasteiger partial charge in [-0.3, -0.25) is 0 Å². The van der Waals surface area contributed by atoms with Crippen LogP contribution in [0.25, 0.3) is 10.8 Å². The molecule has 1 N–H and O–H groups in total. The van der Waals surface area contributed by atoms with Crippen LogP contribution in [0.15, 0.2) is 57.5 Å². The molecule has 2 aromatic heterocycles. The van der Waals surface area contributed by atoms with Crippen LogP contribution in [0.5, 0.6) is 5.75 Å². The molecule has 0 aliphatic heterocycles. The fraction of sp³-hybridized carbons (Fsp3) is 0.300. The Kier molecular flexibility index (Phi) is 6.49. The third-order valence-electron chi connectivity index (χ3n) is 3.97. The molecule has 0 aliphatic carbocycles. The number of nitrogens with one attached hydrogen (secondary N) is 1. The zero-order valence-electron chi connectivity index (χ0n) is 15.8. The minimum Gasteiger partial charge on any atom is -0.496 e. The number of thiophene rings is 1. The fourth-order valence-corrected chi connectivity index (χ4v) is 3.34. The van der Waals surface area contributed by atoms with Gasteiger partial charge in [0, 0.05) is 25.7 Å². The van der Waals surface area contributed by atoms with Crippen molar-refractivity contribution in [2.45, 2.75) is 20.0 Å². The highest BCUT2D eigenvalue weighted by Gasteiger charge is 2.11. The van der Waals surface area contributed by atoms with E-state index in [-0.39, 0.29) is 0 Å². The molecule has 0 spiro atoms. The van der Waals surface area contributed by atoms with Crippen molar-refractivity contribution in [3.05, 3.63) is 59.3 Å². The lowest BCUT2D eigenvalue weighted by molar-refractivity contribution is 0.396. The van der Waals surface area contributed by atoms with Crippen molar-refractivity contribution in [2.75, 3.05) is 20.7 Å². The van der Waals surface area contributed by atoms with Gasteiger partial charge in [-0.25, -0.2) is 9.98 Å². The second kappa shape index (κ2) is 9.23. The van der Waals surface area contributed by atoms with Crippen molar-refractivity contribution in [1.82, 2.24) is 15.2 Å². The summed E-state index contributed by atoms with van der Waals surface area (Å²) in [6.07, 6.45) is 1.67. The Morgan fingerprint density at radius 3 is 2.89 bits per heavy atom. The minimum absolute atomic E-state index is 0.452. The van der Waals surface area contributed by atoms with Gasteiger partial charge >= 0.3 is 0 Å². The molecule has 0 atom stereocenters. The van der Waals surface area contributed by atoms with Crippen molar-refractivity contribution < 1.29 is 9.15 Å². The largest absolute Gasteiger partial charge is 0.496 e. The smallest absolute Gasteiger partial charge is 0.236 e. The van der Waals surface area contributed by atoms with Gasteiger partial charge in [0.2, 0.25) is 5.89 Å². The van der Waals surface area contributed by atoms with Gasteiger partial charge in [-0.1, -0.05) is 24.3 Å². The summed E-state index contributed by atoms with van der Waals surface area (Å²) < 4.78 is 11.0. The first kappa shape index (κ1) is 19.0. The highest BCUT2D eigenvalue weighted by atomic mass is 32.1. The van der Waals surface area contributed by atoms with Crippen molar-refractivity contribution in [1.29, 1.82) is 0 Å². The molecule has 0 radical (unpaired) electrons. The third-order valence-corrected chi connectivity index (χ3v) is 4.83. The fourth-order valence-electron chi connectivity index (χ4n) is 2.68. The number of ether oxygens (including phenoxy) is 1. The first-order valence-corrected chi connectivity index (χ1v) is 9.68. The number of para-hydroxylation sites is 1. The zero-order valence-corrected chi connectivity index (χ0v) is 16.6. The monoisotopic (exact) mass is 384 g/mol. The maximum atomic E-state index is 5.57. The normalized spacial score (nSPS) is 11.4. The second-order valence-electron chi connectivity index (χ2n) is 5.96. The summed E-state index contributed by atoms with van der Waals surface area (Å²) in [5.41, 5.74) is 1.91. The van der Waals surface area contributed by atoms with E-state index in [2.05, 4.69) is 28.2 Å². The Balaban J connectivity index is 1.70. The molecule has 2 heterocycles. The standard InChI is InChI=1S/C20H24N4O2S/c1-4-21-20(24(2)13-15-8-5-6-9-17(15)25-3)22-12-16-14-26-19(23-16)18-10-7-11-27-18/h5-11,14H,4,12-13H2,1-3H3,(H,21,22). The van der Waals surface area contributed by atoms with Crippen LogP contribution in [0.2, 0.25) is 0 Å². The van der Waals surface area contributed by atoms with E-state index in [4.69, 9.17) is 14.1 Å². The molecule has 0 amide bonds. The maximum absolute atomic E-state index is 5.57. The van der Waals surface area contributed by atoms with Gasteiger partial charge in [-0.05, 0) is 24.4 Å². The van der Waals surface area contributed by atoms with Gasteiger partial charge in [0.25, 0.3) is 0 Å². The van der Waals surface area contributed by atoms with Crippen molar-refractivity contribution in [3.8, 4) is 16.5 Å². The summed E-state index contributed by atoms with van der Waals surface area (Å²) in [7, 11) is 3.70. The number of nitrogens with zero attached hydrogens (tertiary/aromatic N) is 3. The summed E-state index contributed by atoms with van der Waals surface area (Å²) in [6, 6.07) is 12.0. The first-order chi connectivity index (χ1) is 13.2. The Hall–Kier alpha value is -2.80. The molecule has 6 nitrogen and oxygen atoms in total. The van der Waals surface area contributed by atoms with Crippen LogP contribution in [-0.2, 0) is 13.1 Å². The van der Waals surface area contributed by atoms with Crippen molar-refractivity contribution in [3.63, 3.8) is 0 Å². The number of rotatable bonds is 7. The molecule has 0 bridgehead atoms. The number of oxazole rings is 1. The van der Waals surface area contributed by atoms with Crippen LogP contribution >= 0.6 is 11.3 Å². The summed E-state index contributed by atoms with van der Waals surface area (Å²) in [5, 5.41) is 5.33. The predicted molar refractivity (Wildman–Crippen MR) is 109 cm³/mol. The summed E-state index contributed by atoms with van der Waals surface area (Å²) in [5.74, 6) is 2.32. The number of methoxy groups -OCH3 is 1. The van der Waals surface area contributed by atoms with Crippen molar-refractivity contribution >= 4 is 17.3 Å². The summed E-state index contributed by atoms with van der Waals surface area (Å²) >= 11 is 1.61. The zero-order chi connectivity index (χ0) is 19.1. The molecular weight excluding hydrogens is 360 g/mol. The molecule has 0 aliphatic rings. The average Bonchev–Trinajstić information content (AvgIpc) is 3.37. The Morgan fingerprint density at radius 2 is 2.15 bits per heavy atom. The molecule has 0 unspecified atom stereocenters. The lowest BCUT2D eigenvalue weighted by Crippen LogP contribution is -2.38. The van der Waals surface area contributed by atoms with Gasteiger partial charge in [0.1, 0.15) is 17.7 Å². The maximum Gasteiger partial charge on any atom is 0.236 e. The molecule has 1 aromatic carbocycles. The molecule has 0 saturated heterocycles. The quantitative estimate of drug-likeness (QED) is 0.493. The number of guanidine groups is 1. The molecule has 27 heavy (non-hydrogen) atoms. The summed E-state index contributed by atoms with van der Waals surface area (Å²) in [6.45, 7) is 3.98. The Morgan fingerprint density at radius 1 is 1.30 bits per heavy atom. The number of hydrogen-bond acceptors (Lipinski definition) is 5. The van der Waals surface area contributed by atoms with Gasteiger partial charge in [0.05, 0.1) is 18.5 Å². The molecule has 7 heteroatoms. The second-order valence-corrected chi connectivity index (χ2v) is 6.91. The molecule has 0 saturated carbocycles. The molecule has 0 fully saturated rings. The van der Waals surface area contributed by atoms with Crippen LogP contribution in [0, 0.1) is 0 Å². The average molecular weight is 385 g/mol. The van der Waals surface area contributed by atoms with Crippen LogP contribution < -0.4 is 10.1 Å². The number of aromatic nitrogens is 1. The number of benzene rings is 1. The van der Waals surface area contributed by atoms with Crippen LogP contribution in [0.4, 0.5) is 0 Å². The number of hydrogen-bond donors (Lipinski definition) is 1. The van der Waals surface area contributed by atoms with Crippen LogP contribution in [0.1, 0.15) is 18.2 Å². The Bertz CT molecular complexity index is 874. The summed E-state index contributed by atoms with van der Waals surface area (Å²) in [4.78, 5) is 12.3. The van der Waals surface area contributed by atoms with E-state index in [1.165, 1.54) is 0 Å². The first-order valence-electron chi connectivity index (χ1n) is 8.81. The topological polar surface area (TPSA) is 62.9 Å². The van der Waals surface area contributed by atoms with E-state index in [1.807, 2.05) is 42.8 Å². The van der Waals surface area contributed by atoms with Gasteiger partial charge in [-0.15, -0.1) is 11.3 Å². The highest BCUT2D eigenvalue weighted by molar-refractivity contribution is 7.13. The highest BCUT2D eigenvalue weighted by Crippen LogP contribution is 2.24. The number of aliphatic imine (C=N–C) groups is 1. The van der Waals surface area contributed by atoms with Crippen molar-refractivity contribution in [2.24, 2.45) is 4.99 Å². The van der Waals surface area contributed by atoms with E-state index in [0.29, 0.717) is 19.0 Å². The van der Waals surface area contributed by atoms with E-state index >= 15 is 0 Å². The van der Waals surface area contributed by atoms with Gasteiger partial charge < -0.3 is 19.4 Å². The molecular formula is C20H24N4O2S. The molecule has 3 aromatic rings. The SMILES string of the molecule is CCNC(=NCc1coc(-c2cccs2)n1)N(C)Cc1ccccc1OC. The molecule has 3 rings (SSSR count). The predicted octanol–water partition coefficient (Wildman–Crippen LogP) is 4.01. The van der Waals surface area contributed by atoms with E-state index < -0.39 is 0 Å². The lowest BCUT2D eigenvalue weighted by atomic mass is 10.2. The van der Waals surface area contributed by atoms with Crippen LogP contribution in [0.3, 0.4) is 0 Å². The minimum atomic E-state index is 0.452. The molecule has 142 valence electrons. The van der Waals surface area contributed by atoms with E-state index in [0.717, 1.165) is 34.4 Å². The lowest BCUT2D eigenvalue weighted by Gasteiger charge is -2.23.